The van der Waals surface area contributed by atoms with Crippen LogP contribution in [0.2, 0.25) is 8.94 Å². The van der Waals surface area contributed by atoms with Gasteiger partial charge in [-0.05, 0) is 0 Å². The molecular formula is C12H10Br2O2S2Te. The Hall–Kier alpha value is 0.490. The Bertz CT molecular complexity index is 514. The summed E-state index contributed by atoms with van der Waals surface area (Å²) in [7, 11) is 0. The fraction of sp³-hybridized carbons (Fsp3) is 0.167. The van der Waals surface area contributed by atoms with E-state index in [9.17, 15) is 9.59 Å². The molecule has 0 N–H and O–H groups in total. The summed E-state index contributed by atoms with van der Waals surface area (Å²) in [6, 6.07) is 7.39. The van der Waals surface area contributed by atoms with Crippen LogP contribution in [0.15, 0.2) is 35.0 Å². The summed E-state index contributed by atoms with van der Waals surface area (Å²) < 4.78 is 0.861. The van der Waals surface area contributed by atoms with Gasteiger partial charge in [0.2, 0.25) is 0 Å². The molecule has 19 heavy (non-hydrogen) atoms. The predicted molar refractivity (Wildman–Crippen MR) is 90.5 cm³/mol. The van der Waals surface area contributed by atoms with Crippen LogP contribution >= 0.6 is 48.2 Å². The Kier molecular flexibility index (Phi) is 5.82. The molecule has 7 heteroatoms. The summed E-state index contributed by atoms with van der Waals surface area (Å²) in [6.45, 7) is 0. The van der Waals surface area contributed by atoms with Crippen molar-refractivity contribution in [2.75, 3.05) is 0 Å². The van der Waals surface area contributed by atoms with Crippen molar-refractivity contribution in [3.05, 3.63) is 44.8 Å². The number of rotatable bonds is 6. The van der Waals surface area contributed by atoms with Crippen LogP contribution < -0.4 is 0 Å². The van der Waals surface area contributed by atoms with Crippen molar-refractivity contribution in [3.8, 4) is 0 Å². The van der Waals surface area contributed by atoms with Gasteiger partial charge in [0.1, 0.15) is 0 Å². The van der Waals surface area contributed by atoms with E-state index in [4.69, 9.17) is 0 Å². The molecule has 2 aromatic heterocycles. The molecule has 0 atom stereocenters. The summed E-state index contributed by atoms with van der Waals surface area (Å²) in [6.07, 6.45) is 0. The van der Waals surface area contributed by atoms with Crippen molar-refractivity contribution in [1.82, 2.24) is 0 Å². The van der Waals surface area contributed by atoms with Gasteiger partial charge in [-0.15, -0.1) is 0 Å². The average molecular weight is 538 g/mol. The van der Waals surface area contributed by atoms with Crippen molar-refractivity contribution in [2.24, 2.45) is 0 Å². The van der Waals surface area contributed by atoms with Crippen LogP contribution in [0.4, 0.5) is 0 Å². The molecule has 0 aliphatic rings. The Labute approximate surface area is 135 Å². The molecule has 0 bridgehead atoms. The monoisotopic (exact) mass is 538 g/mol. The van der Waals surface area contributed by atoms with E-state index in [-0.39, 0.29) is 11.6 Å². The summed E-state index contributed by atoms with van der Waals surface area (Å²) >= 11 is 7.38. The van der Waals surface area contributed by atoms with Gasteiger partial charge in [0.15, 0.2) is 0 Å². The molecule has 2 nitrogen and oxygen atoms in total. The van der Waals surface area contributed by atoms with Gasteiger partial charge in [0, 0.05) is 0 Å². The predicted octanol–water partition coefficient (Wildman–Crippen LogP) is 5.11. The van der Waals surface area contributed by atoms with E-state index in [1.807, 2.05) is 35.0 Å². The molecule has 0 aromatic carbocycles. The minimum absolute atomic E-state index is 0.115. The van der Waals surface area contributed by atoms with E-state index in [1.54, 1.807) is 0 Å². The van der Waals surface area contributed by atoms with Gasteiger partial charge in [0.05, 0.1) is 0 Å². The molecule has 0 radical (unpaired) electrons. The van der Waals surface area contributed by atoms with Crippen molar-refractivity contribution in [1.29, 1.82) is 0 Å². The Morgan fingerprint density at radius 3 is 1.68 bits per heavy atom. The van der Waals surface area contributed by atoms with Gasteiger partial charge in [-0.3, -0.25) is 0 Å². The molecule has 0 aliphatic carbocycles. The van der Waals surface area contributed by atoms with Crippen molar-refractivity contribution in [3.63, 3.8) is 0 Å². The maximum absolute atomic E-state index is 12.1. The zero-order chi connectivity index (χ0) is 13.9. The number of hydrogen-bond acceptors (Lipinski definition) is 4. The number of halogens is 2. The molecule has 0 saturated heterocycles. The van der Waals surface area contributed by atoms with Gasteiger partial charge in [0.25, 0.3) is 0 Å². The van der Waals surface area contributed by atoms with E-state index in [1.165, 1.54) is 22.7 Å². The summed E-state index contributed by atoms with van der Waals surface area (Å²) in [4.78, 5) is 25.7. The van der Waals surface area contributed by atoms with Crippen LogP contribution in [-0.4, -0.2) is 25.3 Å². The van der Waals surface area contributed by atoms with E-state index >= 15 is 0 Å². The molecule has 2 aromatic rings. The van der Waals surface area contributed by atoms with Crippen LogP contribution in [0, 0.1) is 0 Å². The van der Waals surface area contributed by atoms with Crippen LogP contribution in [0.3, 0.4) is 0 Å². The number of carbonyl (C=O) groups is 2. The van der Waals surface area contributed by atoms with Gasteiger partial charge < -0.3 is 0 Å². The normalized spacial score (nSPS) is 12.3. The molecule has 2 rings (SSSR count). The molecule has 0 amide bonds. The average Bonchev–Trinajstić information content (AvgIpc) is 3.01. The molecule has 0 saturated carbocycles. The van der Waals surface area contributed by atoms with E-state index in [0.29, 0.717) is 8.94 Å². The summed E-state index contributed by atoms with van der Waals surface area (Å²) in [5, 5.41) is 3.78. The zero-order valence-corrected chi connectivity index (χ0v) is 16.8. The zero-order valence-electron chi connectivity index (χ0n) is 9.68. The van der Waals surface area contributed by atoms with Gasteiger partial charge >= 0.3 is 137 Å². The van der Waals surface area contributed by atoms with Crippen molar-refractivity contribution >= 4 is 73.5 Å². The second-order valence-electron chi connectivity index (χ2n) is 3.79. The standard InChI is InChI=1S/C12H10Br2O2S2Te/c13-19(14,7-9(15)11-3-1-5-17-11)8-10(16)12-4-2-6-18-12/h1-6H,7-8H2. The molecule has 0 spiro atoms. The second-order valence-corrected chi connectivity index (χ2v) is 33.8. The minimum atomic E-state index is -2.76. The topological polar surface area (TPSA) is 34.1 Å². The van der Waals surface area contributed by atoms with Crippen LogP contribution in [0.5, 0.6) is 0 Å². The third kappa shape index (κ3) is 4.76. The fourth-order valence-electron chi connectivity index (χ4n) is 1.45. The van der Waals surface area contributed by atoms with E-state index in [0.717, 1.165) is 9.75 Å². The van der Waals surface area contributed by atoms with Crippen LogP contribution in [0.1, 0.15) is 19.3 Å². The van der Waals surface area contributed by atoms with Gasteiger partial charge in [-0.25, -0.2) is 0 Å². The first kappa shape index (κ1) is 15.9. The molecule has 0 fully saturated rings. The maximum atomic E-state index is 12.1. The van der Waals surface area contributed by atoms with Gasteiger partial charge in [-0.1, -0.05) is 0 Å². The Balaban J connectivity index is 1.99. The summed E-state index contributed by atoms with van der Waals surface area (Å²) in [5.74, 6) is 0.229. The van der Waals surface area contributed by atoms with E-state index < -0.39 is 13.8 Å². The third-order valence-corrected chi connectivity index (χ3v) is 14.1. The second kappa shape index (κ2) is 6.97. The number of hydrogen-bond donors (Lipinski definition) is 0. The third-order valence-electron chi connectivity index (χ3n) is 2.28. The molecule has 0 unspecified atom stereocenters. The Morgan fingerprint density at radius 1 is 0.947 bits per heavy atom. The molecule has 0 aliphatic heterocycles. The molecule has 102 valence electrons. The van der Waals surface area contributed by atoms with Crippen molar-refractivity contribution < 1.29 is 9.59 Å². The Morgan fingerprint density at radius 2 is 1.37 bits per heavy atom. The van der Waals surface area contributed by atoms with E-state index in [2.05, 4.69) is 25.5 Å². The van der Waals surface area contributed by atoms with Crippen molar-refractivity contribution in [2.45, 2.75) is 8.94 Å². The SMILES string of the molecule is O=C(C[Te](Br)(Br)CC(=O)c1cccs1)c1cccs1. The molecular weight excluding hydrogens is 528 g/mol. The fourth-order valence-corrected chi connectivity index (χ4v) is 12.3. The first-order chi connectivity index (χ1) is 8.98. The first-order valence-corrected chi connectivity index (χ1v) is 20.8. The number of thiophene rings is 2. The van der Waals surface area contributed by atoms with Crippen LogP contribution in [-0.2, 0) is 0 Å². The quantitative estimate of drug-likeness (QED) is 0.379. The summed E-state index contributed by atoms with van der Waals surface area (Å²) in [5.41, 5.74) is 0. The number of carbonyl (C=O) groups excluding carboxylic acids is 2. The van der Waals surface area contributed by atoms with Gasteiger partial charge in [-0.2, -0.15) is 0 Å². The first-order valence-electron chi connectivity index (χ1n) is 5.29. The number of ketones is 2. The number of Topliss-reactive ketones (excluding diaryl/α,β-unsaturated/α-hetero) is 2. The van der Waals surface area contributed by atoms with Crippen LogP contribution in [0.25, 0.3) is 0 Å². The molecule has 2 heterocycles.